The number of piperazine rings is 1. The number of nitro benzene ring substituents is 1. The van der Waals surface area contributed by atoms with Gasteiger partial charge in [-0.15, -0.1) is 0 Å². The molecule has 0 spiro atoms. The molecule has 0 atom stereocenters. The summed E-state index contributed by atoms with van der Waals surface area (Å²) in [4.78, 5) is 35.1. The lowest BCUT2D eigenvalue weighted by molar-refractivity contribution is -0.384. The number of non-ortho nitro benzene ring substituents is 1. The van der Waals surface area contributed by atoms with Crippen molar-refractivity contribution < 1.29 is 9.72 Å². The molecule has 10 heteroatoms. The van der Waals surface area contributed by atoms with Crippen LogP contribution >= 0.6 is 11.6 Å². The first-order valence-electron chi connectivity index (χ1n) is 10.7. The number of hydrogen-bond donors (Lipinski definition) is 2. The molecule has 3 heterocycles. The van der Waals surface area contributed by atoms with E-state index in [2.05, 4.69) is 34.0 Å². The Morgan fingerprint density at radius 3 is 2.52 bits per heavy atom. The highest BCUT2D eigenvalue weighted by Crippen LogP contribution is 2.29. The summed E-state index contributed by atoms with van der Waals surface area (Å²) < 4.78 is 0. The van der Waals surface area contributed by atoms with Crippen molar-refractivity contribution in [3.05, 3.63) is 69.5 Å². The minimum absolute atomic E-state index is 0.00484. The maximum atomic E-state index is 13.1. The summed E-state index contributed by atoms with van der Waals surface area (Å²) in [7, 11) is 0. The fourth-order valence-corrected chi connectivity index (χ4v) is 4.10. The third kappa shape index (κ3) is 4.93. The number of aromatic nitrogens is 2. The SMILES string of the molecule is CC(C)Nc1cccnc1N1CCN(C(=O)c2cc(-c3ccc([N+](=O)[O-])cc3)[nH]c2Cl)CC1. The van der Waals surface area contributed by atoms with Crippen LogP contribution in [0.25, 0.3) is 11.3 Å². The van der Waals surface area contributed by atoms with Gasteiger partial charge in [0.05, 0.1) is 16.2 Å². The topological polar surface area (TPSA) is 107 Å². The number of nitro groups is 1. The Morgan fingerprint density at radius 1 is 1.18 bits per heavy atom. The van der Waals surface area contributed by atoms with Crippen LogP contribution < -0.4 is 10.2 Å². The highest BCUT2D eigenvalue weighted by atomic mass is 35.5. The summed E-state index contributed by atoms with van der Waals surface area (Å²) in [6.45, 7) is 6.58. The van der Waals surface area contributed by atoms with Gasteiger partial charge in [-0.3, -0.25) is 14.9 Å². The first-order valence-corrected chi connectivity index (χ1v) is 11.1. The van der Waals surface area contributed by atoms with Crippen molar-refractivity contribution in [3.63, 3.8) is 0 Å². The zero-order chi connectivity index (χ0) is 23.5. The van der Waals surface area contributed by atoms with Crippen LogP contribution in [0.5, 0.6) is 0 Å². The molecule has 2 N–H and O–H groups in total. The van der Waals surface area contributed by atoms with E-state index >= 15 is 0 Å². The van der Waals surface area contributed by atoms with Gasteiger partial charge in [-0.1, -0.05) is 11.6 Å². The average Bonchev–Trinajstić information content (AvgIpc) is 3.20. The van der Waals surface area contributed by atoms with Gasteiger partial charge >= 0.3 is 0 Å². The number of anilines is 2. The van der Waals surface area contributed by atoms with Crippen LogP contribution in [0.1, 0.15) is 24.2 Å². The predicted octanol–water partition coefficient (Wildman–Crippen LogP) is 4.42. The lowest BCUT2D eigenvalue weighted by Gasteiger charge is -2.36. The van der Waals surface area contributed by atoms with Crippen molar-refractivity contribution in [2.24, 2.45) is 0 Å². The smallest absolute Gasteiger partial charge is 0.269 e. The van der Waals surface area contributed by atoms with E-state index in [1.165, 1.54) is 12.1 Å². The van der Waals surface area contributed by atoms with E-state index in [-0.39, 0.29) is 22.8 Å². The Hall–Kier alpha value is -3.59. The van der Waals surface area contributed by atoms with Crippen molar-refractivity contribution >= 4 is 34.7 Å². The van der Waals surface area contributed by atoms with E-state index in [1.807, 2.05) is 12.1 Å². The van der Waals surface area contributed by atoms with Gasteiger partial charge in [0.15, 0.2) is 5.82 Å². The van der Waals surface area contributed by atoms with Crippen molar-refractivity contribution in [2.45, 2.75) is 19.9 Å². The Morgan fingerprint density at radius 2 is 1.88 bits per heavy atom. The first-order chi connectivity index (χ1) is 15.8. The monoisotopic (exact) mass is 468 g/mol. The molecule has 0 radical (unpaired) electrons. The maximum absolute atomic E-state index is 13.1. The van der Waals surface area contributed by atoms with Gasteiger partial charge in [0, 0.05) is 56.2 Å². The lowest BCUT2D eigenvalue weighted by atomic mass is 10.1. The lowest BCUT2D eigenvalue weighted by Crippen LogP contribution is -2.49. The van der Waals surface area contributed by atoms with Crippen LogP contribution in [0, 0.1) is 10.1 Å². The molecule has 0 bridgehead atoms. The number of H-pyrrole nitrogens is 1. The number of nitrogens with zero attached hydrogens (tertiary/aromatic N) is 4. The molecule has 0 aliphatic carbocycles. The standard InChI is InChI=1S/C23H25ClN6O3/c1-15(2)26-19-4-3-9-25-22(19)28-10-12-29(13-11-28)23(31)18-14-20(27-21(18)24)16-5-7-17(8-6-16)30(32)33/h3-9,14-15,26-27H,10-13H2,1-2H3. The quantitative estimate of drug-likeness (QED) is 0.409. The molecule has 1 aliphatic heterocycles. The molecule has 2 aromatic heterocycles. The van der Waals surface area contributed by atoms with E-state index in [0.717, 1.165) is 11.5 Å². The summed E-state index contributed by atoms with van der Waals surface area (Å²) in [5, 5.41) is 14.5. The largest absolute Gasteiger partial charge is 0.380 e. The number of carbonyl (C=O) groups excluding carboxylic acids is 1. The van der Waals surface area contributed by atoms with E-state index in [4.69, 9.17) is 11.6 Å². The number of aromatic amines is 1. The second-order valence-corrected chi connectivity index (χ2v) is 8.55. The third-order valence-electron chi connectivity index (χ3n) is 5.49. The number of halogens is 1. The minimum Gasteiger partial charge on any atom is -0.380 e. The molecule has 1 aliphatic rings. The molecule has 3 aromatic rings. The molecule has 1 amide bonds. The average molecular weight is 469 g/mol. The Labute approximate surface area is 196 Å². The van der Waals surface area contributed by atoms with Gasteiger partial charge in [0.1, 0.15) is 5.15 Å². The van der Waals surface area contributed by atoms with Crippen LogP contribution in [-0.4, -0.2) is 57.9 Å². The normalized spacial score (nSPS) is 13.9. The van der Waals surface area contributed by atoms with Gasteiger partial charge in [0.2, 0.25) is 0 Å². The van der Waals surface area contributed by atoms with Crippen LogP contribution in [0.2, 0.25) is 5.15 Å². The highest BCUT2D eigenvalue weighted by molar-refractivity contribution is 6.33. The number of hydrogen-bond acceptors (Lipinski definition) is 6. The molecule has 1 fully saturated rings. The Kier molecular flexibility index (Phi) is 6.50. The van der Waals surface area contributed by atoms with Crippen molar-refractivity contribution in [2.75, 3.05) is 36.4 Å². The van der Waals surface area contributed by atoms with E-state index in [9.17, 15) is 14.9 Å². The Balaban J connectivity index is 1.45. The fraction of sp³-hybridized carbons (Fsp3) is 0.304. The van der Waals surface area contributed by atoms with Crippen molar-refractivity contribution in [3.8, 4) is 11.3 Å². The third-order valence-corrected chi connectivity index (χ3v) is 5.78. The van der Waals surface area contributed by atoms with Crippen LogP contribution in [0.3, 0.4) is 0 Å². The number of rotatable bonds is 6. The molecule has 172 valence electrons. The number of amides is 1. The summed E-state index contributed by atoms with van der Waals surface area (Å²) in [6.07, 6.45) is 1.78. The maximum Gasteiger partial charge on any atom is 0.269 e. The summed E-state index contributed by atoms with van der Waals surface area (Å²) in [5.41, 5.74) is 2.72. The molecule has 9 nitrogen and oxygen atoms in total. The molecule has 33 heavy (non-hydrogen) atoms. The molecule has 0 unspecified atom stereocenters. The molecule has 4 rings (SSSR count). The summed E-state index contributed by atoms with van der Waals surface area (Å²) in [6, 6.07) is 12.0. The van der Waals surface area contributed by atoms with E-state index < -0.39 is 4.92 Å². The van der Waals surface area contributed by atoms with E-state index in [0.29, 0.717) is 43.0 Å². The van der Waals surface area contributed by atoms with Crippen LogP contribution in [-0.2, 0) is 0 Å². The number of benzene rings is 1. The minimum atomic E-state index is -0.452. The second kappa shape index (κ2) is 9.50. The zero-order valence-corrected chi connectivity index (χ0v) is 19.2. The second-order valence-electron chi connectivity index (χ2n) is 8.17. The molecule has 1 saturated heterocycles. The molecule has 1 aromatic carbocycles. The summed E-state index contributed by atoms with van der Waals surface area (Å²) >= 11 is 6.34. The zero-order valence-electron chi connectivity index (χ0n) is 18.4. The van der Waals surface area contributed by atoms with Crippen molar-refractivity contribution in [1.29, 1.82) is 0 Å². The number of carbonyl (C=O) groups is 1. The predicted molar refractivity (Wildman–Crippen MR) is 129 cm³/mol. The van der Waals surface area contributed by atoms with Gasteiger partial charge in [0.25, 0.3) is 11.6 Å². The van der Waals surface area contributed by atoms with Gasteiger partial charge in [-0.25, -0.2) is 4.98 Å². The van der Waals surface area contributed by atoms with Crippen LogP contribution in [0.15, 0.2) is 48.7 Å². The van der Waals surface area contributed by atoms with Gasteiger partial charge in [-0.2, -0.15) is 0 Å². The fourth-order valence-electron chi connectivity index (χ4n) is 3.87. The molecule has 0 saturated carbocycles. The van der Waals surface area contributed by atoms with Gasteiger partial charge in [-0.05, 0) is 49.7 Å². The van der Waals surface area contributed by atoms with Crippen LogP contribution in [0.4, 0.5) is 17.2 Å². The molecular weight excluding hydrogens is 444 g/mol. The Bertz CT molecular complexity index is 1150. The first kappa shape index (κ1) is 22.6. The molecular formula is C23H25ClN6O3. The van der Waals surface area contributed by atoms with Gasteiger partial charge < -0.3 is 20.1 Å². The highest BCUT2D eigenvalue weighted by Gasteiger charge is 2.26. The van der Waals surface area contributed by atoms with Crippen molar-refractivity contribution in [1.82, 2.24) is 14.9 Å². The summed E-state index contributed by atoms with van der Waals surface area (Å²) in [5.74, 6) is 0.740. The number of nitrogens with one attached hydrogen (secondary N) is 2. The number of pyridine rings is 1. The van der Waals surface area contributed by atoms with E-state index in [1.54, 1.807) is 29.3 Å².